The molecule has 0 aliphatic heterocycles. The number of aromatic nitrogens is 2. The Hall–Kier alpha value is -2.62. The van der Waals surface area contributed by atoms with Crippen molar-refractivity contribution in [1.29, 1.82) is 0 Å². The van der Waals surface area contributed by atoms with Gasteiger partial charge in [0.25, 0.3) is 0 Å². The Kier molecular flexibility index (Phi) is 2.99. The van der Waals surface area contributed by atoms with Gasteiger partial charge in [-0.05, 0) is 30.7 Å². The highest BCUT2D eigenvalue weighted by Crippen LogP contribution is 2.20. The van der Waals surface area contributed by atoms with E-state index in [1.54, 1.807) is 22.6 Å². The van der Waals surface area contributed by atoms with E-state index >= 15 is 0 Å². The van der Waals surface area contributed by atoms with E-state index in [0.717, 1.165) is 11.3 Å². The van der Waals surface area contributed by atoms with E-state index < -0.39 is 0 Å². The van der Waals surface area contributed by atoms with E-state index in [-0.39, 0.29) is 11.5 Å². The third-order valence-electron chi connectivity index (χ3n) is 3.26. The van der Waals surface area contributed by atoms with E-state index in [2.05, 4.69) is 4.98 Å². The molecule has 4 nitrogen and oxygen atoms in total. The lowest BCUT2D eigenvalue weighted by atomic mass is 10.1. The van der Waals surface area contributed by atoms with Crippen LogP contribution in [-0.2, 0) is 6.42 Å². The van der Waals surface area contributed by atoms with Crippen LogP contribution in [-0.4, -0.2) is 20.3 Å². The van der Waals surface area contributed by atoms with Crippen molar-refractivity contribution >= 4 is 11.4 Å². The van der Waals surface area contributed by atoms with Crippen LogP contribution in [0.5, 0.6) is 5.75 Å². The molecule has 0 bridgehead atoms. The van der Waals surface area contributed by atoms with Crippen LogP contribution in [0.2, 0.25) is 0 Å². The fourth-order valence-electron chi connectivity index (χ4n) is 2.32. The molecule has 0 spiro atoms. The quantitative estimate of drug-likeness (QED) is 0.742. The molecule has 3 aromatic rings. The maximum absolute atomic E-state index is 12.7. The first-order valence-electron chi connectivity index (χ1n) is 6.50. The van der Waals surface area contributed by atoms with Gasteiger partial charge in [-0.25, -0.2) is 4.98 Å². The molecule has 20 heavy (non-hydrogen) atoms. The minimum Gasteiger partial charge on any atom is -0.508 e. The third kappa shape index (κ3) is 1.95. The average molecular weight is 266 g/mol. The first-order chi connectivity index (χ1) is 9.70. The monoisotopic (exact) mass is 266 g/mol. The zero-order chi connectivity index (χ0) is 14.1. The number of hydrogen-bond donors (Lipinski definition) is 1. The summed E-state index contributed by atoms with van der Waals surface area (Å²) in [6.07, 6.45) is 2.51. The van der Waals surface area contributed by atoms with Crippen molar-refractivity contribution in [3.8, 4) is 5.75 Å². The van der Waals surface area contributed by atoms with Gasteiger partial charge in [0.2, 0.25) is 5.78 Å². The van der Waals surface area contributed by atoms with Crippen LogP contribution in [0.1, 0.15) is 28.7 Å². The second-order valence-electron chi connectivity index (χ2n) is 4.57. The Bertz CT molecular complexity index is 790. The smallest absolute Gasteiger partial charge is 0.211 e. The number of fused-ring (bicyclic) bond motifs is 1. The highest BCUT2D eigenvalue weighted by Gasteiger charge is 2.19. The second kappa shape index (κ2) is 4.81. The Morgan fingerprint density at radius 3 is 2.85 bits per heavy atom. The molecule has 0 saturated carbocycles. The molecule has 100 valence electrons. The van der Waals surface area contributed by atoms with Crippen molar-refractivity contribution < 1.29 is 9.90 Å². The Labute approximate surface area is 116 Å². The summed E-state index contributed by atoms with van der Waals surface area (Å²) in [4.78, 5) is 17.2. The van der Waals surface area contributed by atoms with E-state index in [0.29, 0.717) is 17.7 Å². The minimum absolute atomic E-state index is 0.0859. The summed E-state index contributed by atoms with van der Waals surface area (Å²) in [6.45, 7) is 1.97. The summed E-state index contributed by atoms with van der Waals surface area (Å²) in [5.41, 5.74) is 2.55. The van der Waals surface area contributed by atoms with E-state index in [1.165, 1.54) is 6.07 Å². The number of nitrogens with zero attached hydrogens (tertiary/aromatic N) is 2. The lowest BCUT2D eigenvalue weighted by Gasteiger charge is -2.04. The van der Waals surface area contributed by atoms with Gasteiger partial charge in [0.05, 0.1) is 5.69 Å². The summed E-state index contributed by atoms with van der Waals surface area (Å²) < 4.78 is 1.80. The first kappa shape index (κ1) is 12.4. The van der Waals surface area contributed by atoms with Gasteiger partial charge in [0.1, 0.15) is 17.1 Å². The molecule has 0 unspecified atom stereocenters. The molecule has 1 N–H and O–H groups in total. The number of rotatable bonds is 3. The Balaban J connectivity index is 2.20. The van der Waals surface area contributed by atoms with E-state index in [1.807, 2.05) is 31.3 Å². The predicted molar refractivity (Wildman–Crippen MR) is 76.1 cm³/mol. The number of phenolic OH excluding ortho intramolecular Hbond substituents is 1. The molecule has 0 atom stereocenters. The lowest BCUT2D eigenvalue weighted by Crippen LogP contribution is -2.07. The lowest BCUT2D eigenvalue weighted by molar-refractivity contribution is 0.103. The molecule has 1 aromatic carbocycles. The number of phenols is 1. The summed E-state index contributed by atoms with van der Waals surface area (Å²) in [7, 11) is 0. The molecule has 0 aliphatic rings. The SMILES string of the molecule is CCc1nc2ccccn2c1C(=O)c1cccc(O)c1. The third-order valence-corrected chi connectivity index (χ3v) is 3.26. The molecule has 3 rings (SSSR count). The van der Waals surface area contributed by atoms with Crippen LogP contribution >= 0.6 is 0 Å². The molecule has 0 saturated heterocycles. The number of benzene rings is 1. The topological polar surface area (TPSA) is 54.6 Å². The molecular weight excluding hydrogens is 252 g/mol. The fraction of sp³-hybridized carbons (Fsp3) is 0.125. The Morgan fingerprint density at radius 2 is 2.10 bits per heavy atom. The van der Waals surface area contributed by atoms with Crippen molar-refractivity contribution in [2.45, 2.75) is 13.3 Å². The van der Waals surface area contributed by atoms with Crippen molar-refractivity contribution in [3.63, 3.8) is 0 Å². The Morgan fingerprint density at radius 1 is 1.25 bits per heavy atom. The zero-order valence-corrected chi connectivity index (χ0v) is 11.1. The summed E-state index contributed by atoms with van der Waals surface area (Å²) in [5.74, 6) is -0.0424. The molecule has 0 aliphatic carbocycles. The summed E-state index contributed by atoms with van der Waals surface area (Å²) in [5, 5.41) is 9.52. The fourth-order valence-corrected chi connectivity index (χ4v) is 2.32. The van der Waals surface area contributed by atoms with Crippen LogP contribution in [0.4, 0.5) is 0 Å². The molecule has 0 amide bonds. The van der Waals surface area contributed by atoms with Gasteiger partial charge in [0.15, 0.2) is 0 Å². The van der Waals surface area contributed by atoms with Crippen LogP contribution in [0.15, 0.2) is 48.7 Å². The normalized spacial score (nSPS) is 10.8. The molecule has 0 fully saturated rings. The van der Waals surface area contributed by atoms with Gasteiger partial charge >= 0.3 is 0 Å². The predicted octanol–water partition coefficient (Wildman–Crippen LogP) is 2.83. The van der Waals surface area contributed by atoms with Crippen molar-refractivity contribution in [2.75, 3.05) is 0 Å². The van der Waals surface area contributed by atoms with Gasteiger partial charge in [-0.1, -0.05) is 25.1 Å². The van der Waals surface area contributed by atoms with E-state index in [4.69, 9.17) is 0 Å². The van der Waals surface area contributed by atoms with Gasteiger partial charge in [-0.3, -0.25) is 9.20 Å². The van der Waals surface area contributed by atoms with Gasteiger partial charge in [0, 0.05) is 11.8 Å². The number of pyridine rings is 1. The second-order valence-corrected chi connectivity index (χ2v) is 4.57. The average Bonchev–Trinajstić information content (AvgIpc) is 2.85. The standard InChI is InChI=1S/C16H14N2O2/c1-2-13-15(18-9-4-3-8-14(18)17-13)16(20)11-6-5-7-12(19)10-11/h3-10,19H,2H2,1H3. The van der Waals surface area contributed by atoms with Gasteiger partial charge in [-0.2, -0.15) is 0 Å². The number of carbonyl (C=O) groups excluding carboxylic acids is 1. The highest BCUT2D eigenvalue weighted by atomic mass is 16.3. The number of hydrogen-bond acceptors (Lipinski definition) is 3. The highest BCUT2D eigenvalue weighted by molar-refractivity contribution is 6.09. The minimum atomic E-state index is -0.128. The molecular formula is C16H14N2O2. The largest absolute Gasteiger partial charge is 0.508 e. The molecule has 2 aromatic heterocycles. The number of imidazole rings is 1. The van der Waals surface area contributed by atoms with Gasteiger partial charge in [-0.15, -0.1) is 0 Å². The van der Waals surface area contributed by atoms with Gasteiger partial charge < -0.3 is 5.11 Å². The maximum atomic E-state index is 12.7. The number of ketones is 1. The zero-order valence-electron chi connectivity index (χ0n) is 11.1. The van der Waals surface area contributed by atoms with Crippen molar-refractivity contribution in [3.05, 3.63) is 65.6 Å². The summed E-state index contributed by atoms with van der Waals surface area (Å²) in [6, 6.07) is 12.0. The number of aromatic hydroxyl groups is 1. The van der Waals surface area contributed by atoms with Crippen LogP contribution in [0.3, 0.4) is 0 Å². The number of aryl methyl sites for hydroxylation is 1. The maximum Gasteiger partial charge on any atom is 0.211 e. The van der Waals surface area contributed by atoms with E-state index in [9.17, 15) is 9.90 Å². The van der Waals surface area contributed by atoms with Crippen LogP contribution < -0.4 is 0 Å². The van der Waals surface area contributed by atoms with Crippen molar-refractivity contribution in [1.82, 2.24) is 9.38 Å². The number of carbonyl (C=O) groups is 1. The molecule has 0 radical (unpaired) electrons. The van der Waals surface area contributed by atoms with Crippen LogP contribution in [0.25, 0.3) is 5.65 Å². The van der Waals surface area contributed by atoms with Crippen LogP contribution in [0, 0.1) is 0 Å². The van der Waals surface area contributed by atoms with Crippen molar-refractivity contribution in [2.24, 2.45) is 0 Å². The summed E-state index contributed by atoms with van der Waals surface area (Å²) >= 11 is 0. The molecule has 2 heterocycles. The first-order valence-corrected chi connectivity index (χ1v) is 6.50. The molecule has 4 heteroatoms.